The van der Waals surface area contributed by atoms with Gasteiger partial charge in [0.15, 0.2) is 0 Å². The van der Waals surface area contributed by atoms with Crippen LogP contribution in [0, 0.1) is 0 Å². The van der Waals surface area contributed by atoms with Gasteiger partial charge in [0.1, 0.15) is 6.61 Å². The molecule has 1 aromatic rings. The van der Waals surface area contributed by atoms with Gasteiger partial charge in [-0.25, -0.2) is 0 Å². The Balaban J connectivity index is 2.66. The molecule has 0 fully saturated rings. The van der Waals surface area contributed by atoms with Crippen molar-refractivity contribution in [3.05, 3.63) is 17.4 Å². The first-order valence-corrected chi connectivity index (χ1v) is 4.01. The minimum Gasteiger partial charge on any atom is -0.459 e. The SMILES string of the molecule is C/C=C/COc1nc(N)nc(Cl)n1. The molecule has 5 nitrogen and oxygen atoms in total. The van der Waals surface area contributed by atoms with Crippen LogP contribution in [0.3, 0.4) is 0 Å². The predicted octanol–water partition coefficient (Wildman–Crippen LogP) is 1.06. The van der Waals surface area contributed by atoms with E-state index in [0.717, 1.165) is 0 Å². The van der Waals surface area contributed by atoms with Crippen LogP contribution in [0.15, 0.2) is 12.2 Å². The molecule has 1 heterocycles. The number of hydrogen-bond donors (Lipinski definition) is 1. The highest BCUT2D eigenvalue weighted by Crippen LogP contribution is 2.08. The van der Waals surface area contributed by atoms with Crippen LogP contribution in [0.5, 0.6) is 6.01 Å². The minimum atomic E-state index is 0.0305. The van der Waals surface area contributed by atoms with Crippen molar-refractivity contribution < 1.29 is 4.74 Å². The Kier molecular flexibility index (Phi) is 3.45. The van der Waals surface area contributed by atoms with Gasteiger partial charge in [-0.05, 0) is 18.5 Å². The van der Waals surface area contributed by atoms with E-state index in [2.05, 4.69) is 15.0 Å². The van der Waals surface area contributed by atoms with Gasteiger partial charge >= 0.3 is 6.01 Å². The van der Waals surface area contributed by atoms with Gasteiger partial charge in [0.25, 0.3) is 0 Å². The number of nitrogen functional groups attached to an aromatic ring is 1. The fraction of sp³-hybridized carbons (Fsp3) is 0.286. The summed E-state index contributed by atoms with van der Waals surface area (Å²) in [6.45, 7) is 2.27. The van der Waals surface area contributed by atoms with Gasteiger partial charge < -0.3 is 10.5 Å². The van der Waals surface area contributed by atoms with Crippen LogP contribution in [-0.2, 0) is 0 Å². The summed E-state index contributed by atoms with van der Waals surface area (Å²) in [5, 5.41) is 0.0305. The lowest BCUT2D eigenvalue weighted by molar-refractivity contribution is 0.332. The summed E-state index contributed by atoms with van der Waals surface area (Å²) in [5.41, 5.74) is 5.32. The number of ether oxygens (including phenoxy) is 1. The van der Waals surface area contributed by atoms with Crippen molar-refractivity contribution in [3.63, 3.8) is 0 Å². The highest BCUT2D eigenvalue weighted by Gasteiger charge is 2.01. The number of halogens is 1. The Bertz CT molecular complexity index is 295. The fourth-order valence-electron chi connectivity index (χ4n) is 0.630. The maximum atomic E-state index is 5.52. The number of rotatable bonds is 3. The van der Waals surface area contributed by atoms with Crippen LogP contribution in [0.2, 0.25) is 5.28 Å². The van der Waals surface area contributed by atoms with Crippen LogP contribution in [0.4, 0.5) is 5.95 Å². The van der Waals surface area contributed by atoms with Gasteiger partial charge in [0.05, 0.1) is 0 Å². The molecular weight excluding hydrogens is 192 g/mol. The van der Waals surface area contributed by atoms with Crippen molar-refractivity contribution >= 4 is 17.5 Å². The van der Waals surface area contributed by atoms with E-state index in [0.29, 0.717) is 6.61 Å². The summed E-state index contributed by atoms with van der Waals surface area (Å²) in [6, 6.07) is 0.135. The molecule has 0 bridgehead atoms. The number of anilines is 1. The highest BCUT2D eigenvalue weighted by molar-refractivity contribution is 6.28. The molecule has 0 aliphatic rings. The van der Waals surface area contributed by atoms with E-state index in [1.54, 1.807) is 0 Å². The Hall–Kier alpha value is -1.36. The monoisotopic (exact) mass is 200 g/mol. The Morgan fingerprint density at radius 3 is 2.85 bits per heavy atom. The molecule has 0 amide bonds. The van der Waals surface area contributed by atoms with Gasteiger partial charge in [0, 0.05) is 0 Å². The predicted molar refractivity (Wildman–Crippen MR) is 49.6 cm³/mol. The molecule has 0 atom stereocenters. The number of allylic oxidation sites excluding steroid dienone is 1. The van der Waals surface area contributed by atoms with Crippen LogP contribution in [0.25, 0.3) is 0 Å². The van der Waals surface area contributed by atoms with Crippen molar-refractivity contribution in [1.29, 1.82) is 0 Å². The lowest BCUT2D eigenvalue weighted by Gasteiger charge is -2.00. The van der Waals surface area contributed by atoms with Crippen molar-refractivity contribution in [2.45, 2.75) is 6.92 Å². The zero-order valence-corrected chi connectivity index (χ0v) is 7.82. The number of nitrogens with zero attached hydrogens (tertiary/aromatic N) is 3. The molecule has 0 aliphatic carbocycles. The Morgan fingerprint density at radius 1 is 1.46 bits per heavy atom. The second kappa shape index (κ2) is 4.61. The van der Waals surface area contributed by atoms with Gasteiger partial charge in [-0.2, -0.15) is 15.0 Å². The molecule has 13 heavy (non-hydrogen) atoms. The quantitative estimate of drug-likeness (QED) is 0.739. The van der Waals surface area contributed by atoms with Crippen LogP contribution in [0.1, 0.15) is 6.92 Å². The fourth-order valence-corrected chi connectivity index (χ4v) is 0.789. The largest absolute Gasteiger partial charge is 0.459 e. The average molecular weight is 201 g/mol. The highest BCUT2D eigenvalue weighted by atomic mass is 35.5. The molecule has 70 valence electrons. The third kappa shape index (κ3) is 3.25. The molecule has 0 aliphatic heterocycles. The first kappa shape index (κ1) is 9.73. The molecule has 1 aromatic heterocycles. The molecule has 0 saturated carbocycles. The van der Waals surface area contributed by atoms with Crippen molar-refractivity contribution in [3.8, 4) is 6.01 Å². The molecule has 2 N–H and O–H groups in total. The van der Waals surface area contributed by atoms with E-state index in [4.69, 9.17) is 22.1 Å². The van der Waals surface area contributed by atoms with Gasteiger partial charge in [-0.1, -0.05) is 12.2 Å². The topological polar surface area (TPSA) is 73.9 Å². The van der Waals surface area contributed by atoms with Crippen LogP contribution < -0.4 is 10.5 Å². The van der Waals surface area contributed by atoms with Crippen molar-refractivity contribution in [2.24, 2.45) is 0 Å². The number of nitrogens with two attached hydrogens (primary N) is 1. The molecule has 0 unspecified atom stereocenters. The molecule has 0 aromatic carbocycles. The third-order valence-corrected chi connectivity index (χ3v) is 1.32. The summed E-state index contributed by atoms with van der Waals surface area (Å²) in [6.07, 6.45) is 3.67. The maximum Gasteiger partial charge on any atom is 0.322 e. The second-order valence-electron chi connectivity index (χ2n) is 2.13. The van der Waals surface area contributed by atoms with Crippen LogP contribution in [-0.4, -0.2) is 21.6 Å². The molecule has 6 heteroatoms. The van der Waals surface area contributed by atoms with Gasteiger partial charge in [-0.3, -0.25) is 0 Å². The smallest absolute Gasteiger partial charge is 0.322 e. The first-order chi connectivity index (χ1) is 6.22. The van der Waals surface area contributed by atoms with Gasteiger partial charge in [0.2, 0.25) is 11.2 Å². The van der Waals surface area contributed by atoms with E-state index in [9.17, 15) is 0 Å². The standard InChI is InChI=1S/C7H9ClN4O/c1-2-3-4-13-7-11-5(8)10-6(9)12-7/h2-3H,4H2,1H3,(H2,9,10,11,12)/b3-2+. The average Bonchev–Trinajstić information content (AvgIpc) is 2.03. The van der Waals surface area contributed by atoms with E-state index in [-0.39, 0.29) is 17.2 Å². The molecular formula is C7H9ClN4O. The zero-order chi connectivity index (χ0) is 9.68. The lowest BCUT2D eigenvalue weighted by atomic mass is 10.6. The van der Waals surface area contributed by atoms with E-state index in [1.807, 2.05) is 19.1 Å². The maximum absolute atomic E-state index is 5.52. The summed E-state index contributed by atoms with van der Waals surface area (Å²) >= 11 is 5.52. The first-order valence-electron chi connectivity index (χ1n) is 3.63. The van der Waals surface area contributed by atoms with Crippen molar-refractivity contribution in [1.82, 2.24) is 15.0 Å². The summed E-state index contributed by atoms with van der Waals surface area (Å²) < 4.78 is 5.09. The van der Waals surface area contributed by atoms with E-state index in [1.165, 1.54) is 0 Å². The van der Waals surface area contributed by atoms with Crippen molar-refractivity contribution in [2.75, 3.05) is 12.3 Å². The molecule has 0 spiro atoms. The van der Waals surface area contributed by atoms with Crippen LogP contribution >= 0.6 is 11.6 Å². The molecule has 1 rings (SSSR count). The number of aromatic nitrogens is 3. The minimum absolute atomic E-state index is 0.0305. The second-order valence-corrected chi connectivity index (χ2v) is 2.46. The summed E-state index contributed by atoms with van der Waals surface area (Å²) in [4.78, 5) is 11.0. The third-order valence-electron chi connectivity index (χ3n) is 1.15. The van der Waals surface area contributed by atoms with E-state index < -0.39 is 0 Å². The summed E-state index contributed by atoms with van der Waals surface area (Å²) in [7, 11) is 0. The molecule has 0 saturated heterocycles. The van der Waals surface area contributed by atoms with E-state index >= 15 is 0 Å². The molecule has 0 radical (unpaired) electrons. The number of hydrogen-bond acceptors (Lipinski definition) is 5. The Labute approximate surface area is 80.6 Å². The lowest BCUT2D eigenvalue weighted by Crippen LogP contribution is -2.03. The zero-order valence-electron chi connectivity index (χ0n) is 7.07. The summed E-state index contributed by atoms with van der Waals surface area (Å²) in [5.74, 6) is 0.0514. The Morgan fingerprint density at radius 2 is 2.23 bits per heavy atom. The normalized spacial score (nSPS) is 10.6. The van der Waals surface area contributed by atoms with Gasteiger partial charge in [-0.15, -0.1) is 0 Å².